The van der Waals surface area contributed by atoms with E-state index in [9.17, 15) is 13.2 Å². The van der Waals surface area contributed by atoms with E-state index in [4.69, 9.17) is 0 Å². The normalized spacial score (nSPS) is 11.7. The van der Waals surface area contributed by atoms with Crippen LogP contribution in [0.5, 0.6) is 0 Å². The van der Waals surface area contributed by atoms with Crippen LogP contribution in [0.25, 0.3) is 16.2 Å². The summed E-state index contributed by atoms with van der Waals surface area (Å²) < 4.78 is 26.5. The molecular weight excluding hydrogens is 408 g/mol. The number of hydrogen-bond acceptors (Lipinski definition) is 5. The minimum Gasteiger partial charge on any atom is -0.293 e. The SMILES string of the molecule is Cc1ccc(S(=O)(=O)NNC(=O)c2sc3nc(-c4ccccc4)cn3c2C)cc1. The van der Waals surface area contributed by atoms with Gasteiger partial charge < -0.3 is 0 Å². The van der Waals surface area contributed by atoms with Crippen LogP contribution in [0.15, 0.2) is 65.7 Å². The average molecular weight is 427 g/mol. The second-order valence-electron chi connectivity index (χ2n) is 6.53. The lowest BCUT2D eigenvalue weighted by molar-refractivity contribution is 0.0948. The number of aryl methyl sites for hydroxylation is 2. The number of sulfonamides is 1. The zero-order valence-corrected chi connectivity index (χ0v) is 17.3. The lowest BCUT2D eigenvalue weighted by Gasteiger charge is -2.08. The van der Waals surface area contributed by atoms with Gasteiger partial charge in [-0.15, -0.1) is 4.83 Å². The summed E-state index contributed by atoms with van der Waals surface area (Å²) in [6, 6.07) is 16.1. The van der Waals surface area contributed by atoms with Crippen molar-refractivity contribution in [1.82, 2.24) is 19.6 Å². The van der Waals surface area contributed by atoms with Crippen molar-refractivity contribution in [3.63, 3.8) is 0 Å². The molecule has 0 atom stereocenters. The highest BCUT2D eigenvalue weighted by Gasteiger charge is 2.20. The second-order valence-corrected chi connectivity index (χ2v) is 9.19. The summed E-state index contributed by atoms with van der Waals surface area (Å²) in [7, 11) is -3.85. The van der Waals surface area contributed by atoms with E-state index in [2.05, 4.69) is 15.2 Å². The number of nitrogens with one attached hydrogen (secondary N) is 2. The van der Waals surface area contributed by atoms with Gasteiger partial charge >= 0.3 is 0 Å². The van der Waals surface area contributed by atoms with Crippen LogP contribution in [0, 0.1) is 13.8 Å². The fourth-order valence-electron chi connectivity index (χ4n) is 2.86. The lowest BCUT2D eigenvalue weighted by Crippen LogP contribution is -2.41. The molecule has 0 bridgehead atoms. The third-order valence-electron chi connectivity index (χ3n) is 4.46. The summed E-state index contributed by atoms with van der Waals surface area (Å²) in [6.07, 6.45) is 1.86. The van der Waals surface area contributed by atoms with Crippen molar-refractivity contribution in [2.75, 3.05) is 0 Å². The van der Waals surface area contributed by atoms with Crippen LogP contribution in [0.1, 0.15) is 20.9 Å². The van der Waals surface area contributed by atoms with E-state index < -0.39 is 15.9 Å². The van der Waals surface area contributed by atoms with Crippen LogP contribution >= 0.6 is 11.3 Å². The summed E-state index contributed by atoms with van der Waals surface area (Å²) in [4.78, 5) is 20.4. The molecule has 0 saturated heterocycles. The van der Waals surface area contributed by atoms with Gasteiger partial charge in [-0.25, -0.2) is 13.4 Å². The summed E-state index contributed by atoms with van der Waals surface area (Å²) in [5.74, 6) is -0.532. The average Bonchev–Trinajstić information content (AvgIpc) is 3.27. The minimum atomic E-state index is -3.85. The van der Waals surface area contributed by atoms with Crippen LogP contribution in [0.4, 0.5) is 0 Å². The number of carbonyl (C=O) groups is 1. The zero-order chi connectivity index (χ0) is 20.6. The number of nitrogens with zero attached hydrogens (tertiary/aromatic N) is 2. The van der Waals surface area contributed by atoms with Gasteiger partial charge in [-0.05, 0) is 26.0 Å². The van der Waals surface area contributed by atoms with Gasteiger partial charge in [0.2, 0.25) is 0 Å². The Morgan fingerprint density at radius 3 is 2.38 bits per heavy atom. The molecule has 2 heterocycles. The van der Waals surface area contributed by atoms with E-state index in [0.29, 0.717) is 15.5 Å². The molecule has 4 rings (SSSR count). The minimum absolute atomic E-state index is 0.0774. The number of imidazole rings is 1. The highest BCUT2D eigenvalue weighted by molar-refractivity contribution is 7.89. The molecule has 148 valence electrons. The first-order chi connectivity index (χ1) is 13.8. The number of thiazole rings is 1. The van der Waals surface area contributed by atoms with E-state index >= 15 is 0 Å². The molecule has 0 aliphatic carbocycles. The molecule has 4 aromatic rings. The first-order valence-corrected chi connectivity index (χ1v) is 11.1. The van der Waals surface area contributed by atoms with Crippen molar-refractivity contribution in [1.29, 1.82) is 0 Å². The van der Waals surface area contributed by atoms with Crippen molar-refractivity contribution in [3.05, 3.63) is 76.9 Å². The molecule has 2 aromatic carbocycles. The van der Waals surface area contributed by atoms with Crippen LogP contribution in [-0.4, -0.2) is 23.7 Å². The lowest BCUT2D eigenvalue weighted by atomic mass is 10.2. The summed E-state index contributed by atoms with van der Waals surface area (Å²) in [5.41, 5.74) is 5.71. The molecule has 0 unspecified atom stereocenters. The van der Waals surface area contributed by atoms with E-state index in [1.165, 1.54) is 23.5 Å². The quantitative estimate of drug-likeness (QED) is 0.479. The maximum atomic E-state index is 12.6. The Labute approximate surface area is 172 Å². The summed E-state index contributed by atoms with van der Waals surface area (Å²) >= 11 is 1.20. The molecule has 1 amide bonds. The number of benzene rings is 2. The first kappa shape index (κ1) is 19.3. The highest BCUT2D eigenvalue weighted by atomic mass is 32.2. The van der Waals surface area contributed by atoms with Crippen molar-refractivity contribution in [2.45, 2.75) is 18.7 Å². The van der Waals surface area contributed by atoms with Gasteiger partial charge in [0.15, 0.2) is 4.96 Å². The molecule has 0 aliphatic heterocycles. The highest BCUT2D eigenvalue weighted by Crippen LogP contribution is 2.27. The number of hydrazine groups is 1. The maximum Gasteiger partial charge on any atom is 0.278 e. The fourth-order valence-corrected chi connectivity index (χ4v) is 4.70. The molecule has 0 spiro atoms. The second kappa shape index (κ2) is 7.43. The van der Waals surface area contributed by atoms with E-state index in [-0.39, 0.29) is 4.90 Å². The van der Waals surface area contributed by atoms with Crippen molar-refractivity contribution >= 4 is 32.2 Å². The molecule has 0 saturated carbocycles. The standard InChI is InChI=1S/C20H18N4O3S2/c1-13-8-10-16(11-9-13)29(26,27)23-22-19(25)18-14(2)24-12-17(21-20(24)28-18)15-6-4-3-5-7-15/h3-12,23H,1-2H3,(H,22,25). The fraction of sp³-hybridized carbons (Fsp3) is 0.100. The van der Waals surface area contributed by atoms with Gasteiger partial charge in [0.25, 0.3) is 15.9 Å². The summed E-state index contributed by atoms with van der Waals surface area (Å²) in [6.45, 7) is 3.66. The van der Waals surface area contributed by atoms with Crippen molar-refractivity contribution in [3.8, 4) is 11.3 Å². The van der Waals surface area contributed by atoms with Crippen LogP contribution in [-0.2, 0) is 10.0 Å². The van der Waals surface area contributed by atoms with Crippen molar-refractivity contribution < 1.29 is 13.2 Å². The van der Waals surface area contributed by atoms with E-state index in [1.54, 1.807) is 19.1 Å². The Morgan fingerprint density at radius 2 is 1.72 bits per heavy atom. The molecule has 7 nitrogen and oxygen atoms in total. The largest absolute Gasteiger partial charge is 0.293 e. The van der Waals surface area contributed by atoms with Gasteiger partial charge in [0, 0.05) is 17.5 Å². The number of aromatic nitrogens is 2. The zero-order valence-electron chi connectivity index (χ0n) is 15.7. The molecule has 29 heavy (non-hydrogen) atoms. The Hall–Kier alpha value is -3.01. The molecular formula is C20H18N4O3S2. The molecule has 0 fully saturated rings. The predicted octanol–water partition coefficient (Wildman–Crippen LogP) is 3.30. The van der Waals surface area contributed by atoms with Crippen LogP contribution in [0.3, 0.4) is 0 Å². The number of rotatable bonds is 5. The maximum absolute atomic E-state index is 12.6. The molecule has 0 aliphatic rings. The van der Waals surface area contributed by atoms with Gasteiger partial charge in [0.05, 0.1) is 10.6 Å². The van der Waals surface area contributed by atoms with Crippen LogP contribution < -0.4 is 10.3 Å². The number of hydrogen-bond donors (Lipinski definition) is 2. The molecule has 2 aromatic heterocycles. The first-order valence-electron chi connectivity index (χ1n) is 8.78. The van der Waals surface area contributed by atoms with Gasteiger partial charge in [-0.1, -0.05) is 59.4 Å². The number of carbonyl (C=O) groups excluding carboxylic acids is 1. The Morgan fingerprint density at radius 1 is 1.03 bits per heavy atom. The molecule has 2 N–H and O–H groups in total. The number of fused-ring (bicyclic) bond motifs is 1. The Bertz CT molecular complexity index is 1290. The Balaban J connectivity index is 1.54. The third-order valence-corrected chi connectivity index (χ3v) is 6.88. The van der Waals surface area contributed by atoms with Gasteiger partial charge in [0.1, 0.15) is 4.88 Å². The van der Waals surface area contributed by atoms with E-state index in [0.717, 1.165) is 16.8 Å². The van der Waals surface area contributed by atoms with Gasteiger partial charge in [-0.3, -0.25) is 14.6 Å². The molecule has 9 heteroatoms. The number of amides is 1. The van der Waals surface area contributed by atoms with Crippen LogP contribution in [0.2, 0.25) is 0 Å². The van der Waals surface area contributed by atoms with E-state index in [1.807, 2.05) is 47.9 Å². The summed E-state index contributed by atoms with van der Waals surface area (Å²) in [5, 5.41) is 0. The smallest absolute Gasteiger partial charge is 0.278 e. The Kier molecular flexibility index (Phi) is 4.95. The van der Waals surface area contributed by atoms with Gasteiger partial charge in [-0.2, -0.15) is 0 Å². The monoisotopic (exact) mass is 426 g/mol. The van der Waals surface area contributed by atoms with Crippen molar-refractivity contribution in [2.24, 2.45) is 0 Å². The topological polar surface area (TPSA) is 92.6 Å². The molecule has 0 radical (unpaired) electrons. The predicted molar refractivity (Wildman–Crippen MR) is 112 cm³/mol. The third kappa shape index (κ3) is 3.80.